The third-order valence-electron chi connectivity index (χ3n) is 3.93. The number of halogens is 1. The van der Waals surface area contributed by atoms with E-state index in [-0.39, 0.29) is 21.9 Å². The van der Waals surface area contributed by atoms with Crippen LogP contribution in [0.3, 0.4) is 0 Å². The van der Waals surface area contributed by atoms with Crippen molar-refractivity contribution in [1.82, 2.24) is 10.9 Å². The molecule has 3 aromatic rings. The van der Waals surface area contributed by atoms with Crippen molar-refractivity contribution in [3.63, 3.8) is 0 Å². The van der Waals surface area contributed by atoms with Crippen LogP contribution in [0.15, 0.2) is 88.7 Å². The molecule has 0 aliphatic heterocycles. The van der Waals surface area contributed by atoms with Gasteiger partial charge in [0.1, 0.15) is 0 Å². The molecule has 0 aliphatic rings. The molecule has 160 valence electrons. The Labute approximate surface area is 189 Å². The minimum Gasteiger partial charge on any atom is -0.280 e. The molecular formula is C21H18ClN3O4S2. The first-order chi connectivity index (χ1) is 14.8. The molecule has 3 N–H and O–H groups in total. The topological polar surface area (TPSA) is 104 Å². The minimum atomic E-state index is -3.78. The highest BCUT2D eigenvalue weighted by Gasteiger charge is 2.15. The van der Waals surface area contributed by atoms with Gasteiger partial charge in [0.05, 0.1) is 10.6 Å². The van der Waals surface area contributed by atoms with Gasteiger partial charge in [0.2, 0.25) is 5.91 Å². The van der Waals surface area contributed by atoms with Crippen molar-refractivity contribution < 1.29 is 18.0 Å². The van der Waals surface area contributed by atoms with Crippen LogP contribution in [0.1, 0.15) is 10.4 Å². The Hall–Kier alpha value is -3.01. The monoisotopic (exact) mass is 475 g/mol. The van der Waals surface area contributed by atoms with Crippen molar-refractivity contribution in [2.75, 3.05) is 10.5 Å². The van der Waals surface area contributed by atoms with Gasteiger partial charge in [0.25, 0.3) is 15.9 Å². The maximum Gasteiger partial charge on any atom is 0.269 e. The Balaban J connectivity index is 1.55. The van der Waals surface area contributed by atoms with E-state index >= 15 is 0 Å². The normalized spacial score (nSPS) is 10.9. The largest absolute Gasteiger partial charge is 0.280 e. The standard InChI is InChI=1S/C21H18ClN3O4S2/c22-16-9-11-18(12-10-16)30-14-20(26)23-24-21(27)15-5-4-6-17(13-15)25-31(28,29)19-7-2-1-3-8-19/h1-13,25H,14H2,(H,23,26)(H,24,27). The molecule has 3 rings (SSSR count). The zero-order chi connectivity index (χ0) is 22.3. The predicted octanol–water partition coefficient (Wildman–Crippen LogP) is 3.69. The molecule has 10 heteroatoms. The van der Waals surface area contributed by atoms with Crippen molar-refractivity contribution in [3.05, 3.63) is 89.4 Å². The lowest BCUT2D eigenvalue weighted by Crippen LogP contribution is -2.42. The van der Waals surface area contributed by atoms with Crippen LogP contribution in [0.2, 0.25) is 5.02 Å². The van der Waals surface area contributed by atoms with Gasteiger partial charge in [-0.3, -0.25) is 25.2 Å². The molecule has 0 bridgehead atoms. The SMILES string of the molecule is O=C(CSc1ccc(Cl)cc1)NNC(=O)c1cccc(NS(=O)(=O)c2ccccc2)c1. The highest BCUT2D eigenvalue weighted by atomic mass is 35.5. The van der Waals surface area contributed by atoms with E-state index in [1.54, 1.807) is 42.5 Å². The number of anilines is 1. The molecule has 0 aromatic heterocycles. The summed E-state index contributed by atoms with van der Waals surface area (Å²) in [5.41, 5.74) is 5.05. The van der Waals surface area contributed by atoms with Crippen LogP contribution in [-0.2, 0) is 14.8 Å². The first kappa shape index (κ1) is 22.7. The molecule has 0 unspecified atom stereocenters. The third kappa shape index (κ3) is 6.74. The second-order valence-electron chi connectivity index (χ2n) is 6.24. The third-order valence-corrected chi connectivity index (χ3v) is 6.59. The van der Waals surface area contributed by atoms with E-state index in [0.717, 1.165) is 4.90 Å². The highest BCUT2D eigenvalue weighted by Crippen LogP contribution is 2.20. The Kier molecular flexibility index (Phi) is 7.56. The quantitative estimate of drug-likeness (QED) is 0.357. The fourth-order valence-corrected chi connectivity index (χ4v) is 4.35. The number of carbonyl (C=O) groups is 2. The summed E-state index contributed by atoms with van der Waals surface area (Å²) in [6.07, 6.45) is 0. The maximum absolute atomic E-state index is 12.4. The second-order valence-corrected chi connectivity index (χ2v) is 9.41. The number of hydrazine groups is 1. The Morgan fingerprint density at radius 3 is 2.29 bits per heavy atom. The number of nitrogens with one attached hydrogen (secondary N) is 3. The van der Waals surface area contributed by atoms with Crippen LogP contribution in [0.4, 0.5) is 5.69 Å². The number of sulfonamides is 1. The summed E-state index contributed by atoms with van der Waals surface area (Å²) in [6.45, 7) is 0. The van der Waals surface area contributed by atoms with Crippen LogP contribution in [0, 0.1) is 0 Å². The van der Waals surface area contributed by atoms with Gasteiger partial charge in [-0.05, 0) is 54.6 Å². The summed E-state index contributed by atoms with van der Waals surface area (Å²) in [6, 6.07) is 20.9. The Morgan fingerprint density at radius 1 is 0.871 bits per heavy atom. The molecule has 0 fully saturated rings. The molecule has 7 nitrogen and oxygen atoms in total. The number of rotatable bonds is 7. The van der Waals surface area contributed by atoms with Crippen molar-refractivity contribution in [2.24, 2.45) is 0 Å². The van der Waals surface area contributed by atoms with Crippen LogP contribution >= 0.6 is 23.4 Å². The van der Waals surface area contributed by atoms with E-state index in [2.05, 4.69) is 15.6 Å². The van der Waals surface area contributed by atoms with Gasteiger partial charge < -0.3 is 0 Å². The summed E-state index contributed by atoms with van der Waals surface area (Å²) in [7, 11) is -3.78. The fourth-order valence-electron chi connectivity index (χ4n) is 2.45. The van der Waals surface area contributed by atoms with Crippen molar-refractivity contribution in [3.8, 4) is 0 Å². The molecule has 0 heterocycles. The summed E-state index contributed by atoms with van der Waals surface area (Å²) in [5.74, 6) is -0.876. The molecule has 0 saturated heterocycles. The van der Waals surface area contributed by atoms with E-state index < -0.39 is 21.8 Å². The van der Waals surface area contributed by atoms with Crippen molar-refractivity contribution in [1.29, 1.82) is 0 Å². The predicted molar refractivity (Wildman–Crippen MR) is 121 cm³/mol. The van der Waals surface area contributed by atoms with Gasteiger partial charge >= 0.3 is 0 Å². The number of thioether (sulfide) groups is 1. The summed E-state index contributed by atoms with van der Waals surface area (Å²) in [5, 5.41) is 0.606. The summed E-state index contributed by atoms with van der Waals surface area (Å²) < 4.78 is 27.3. The molecule has 31 heavy (non-hydrogen) atoms. The number of hydrogen-bond donors (Lipinski definition) is 3. The number of benzene rings is 3. The lowest BCUT2D eigenvalue weighted by molar-refractivity contribution is -0.119. The maximum atomic E-state index is 12.4. The molecule has 3 aromatic carbocycles. The molecule has 0 spiro atoms. The van der Waals surface area contributed by atoms with Gasteiger partial charge in [0.15, 0.2) is 0 Å². The Bertz CT molecular complexity index is 1170. The van der Waals surface area contributed by atoms with Crippen molar-refractivity contribution in [2.45, 2.75) is 9.79 Å². The van der Waals surface area contributed by atoms with Gasteiger partial charge in [-0.2, -0.15) is 0 Å². The molecule has 0 saturated carbocycles. The molecular weight excluding hydrogens is 458 g/mol. The molecule has 0 aliphatic carbocycles. The zero-order valence-electron chi connectivity index (χ0n) is 16.0. The first-order valence-corrected chi connectivity index (χ1v) is 11.8. The van der Waals surface area contributed by atoms with Crippen molar-refractivity contribution >= 4 is 50.9 Å². The van der Waals surface area contributed by atoms with Crippen LogP contribution in [-0.4, -0.2) is 26.0 Å². The average molecular weight is 476 g/mol. The lowest BCUT2D eigenvalue weighted by atomic mass is 10.2. The highest BCUT2D eigenvalue weighted by molar-refractivity contribution is 8.00. The van der Waals surface area contributed by atoms with E-state index in [1.165, 1.54) is 48.2 Å². The second kappa shape index (κ2) is 10.3. The van der Waals surface area contributed by atoms with Gasteiger partial charge in [-0.15, -0.1) is 11.8 Å². The fraction of sp³-hybridized carbons (Fsp3) is 0.0476. The average Bonchev–Trinajstić information content (AvgIpc) is 2.77. The number of carbonyl (C=O) groups excluding carboxylic acids is 2. The molecule has 0 atom stereocenters. The van der Waals surface area contributed by atoms with E-state index in [1.807, 2.05) is 0 Å². The Morgan fingerprint density at radius 2 is 1.58 bits per heavy atom. The lowest BCUT2D eigenvalue weighted by Gasteiger charge is -2.10. The van der Waals surface area contributed by atoms with Crippen LogP contribution in [0.5, 0.6) is 0 Å². The van der Waals surface area contributed by atoms with E-state index in [4.69, 9.17) is 11.6 Å². The molecule has 0 radical (unpaired) electrons. The van der Waals surface area contributed by atoms with Crippen LogP contribution < -0.4 is 15.6 Å². The van der Waals surface area contributed by atoms with E-state index in [0.29, 0.717) is 5.02 Å². The zero-order valence-corrected chi connectivity index (χ0v) is 18.4. The summed E-state index contributed by atoms with van der Waals surface area (Å²) in [4.78, 5) is 25.3. The van der Waals surface area contributed by atoms with E-state index in [9.17, 15) is 18.0 Å². The number of amides is 2. The minimum absolute atomic E-state index is 0.0961. The summed E-state index contributed by atoms with van der Waals surface area (Å²) >= 11 is 7.11. The van der Waals surface area contributed by atoms with Gasteiger partial charge in [-0.25, -0.2) is 8.42 Å². The first-order valence-electron chi connectivity index (χ1n) is 8.99. The van der Waals surface area contributed by atoms with Crippen LogP contribution in [0.25, 0.3) is 0 Å². The smallest absolute Gasteiger partial charge is 0.269 e. The molecule has 2 amide bonds. The van der Waals surface area contributed by atoms with Gasteiger partial charge in [0, 0.05) is 21.2 Å². The number of hydrogen-bond acceptors (Lipinski definition) is 5. The van der Waals surface area contributed by atoms with Gasteiger partial charge in [-0.1, -0.05) is 35.9 Å².